The number of aromatic nitrogens is 1. The summed E-state index contributed by atoms with van der Waals surface area (Å²) in [6, 6.07) is 22.8. The van der Waals surface area contributed by atoms with Crippen LogP contribution in [0.1, 0.15) is 48.2 Å². The number of piperidine rings is 1. The number of halogens is 4. The fourth-order valence-electron chi connectivity index (χ4n) is 5.63. The molecule has 0 N–H and O–H groups in total. The number of carbonyl (C=O) groups is 1. The van der Waals surface area contributed by atoms with Gasteiger partial charge in [0.2, 0.25) is 0 Å². The van der Waals surface area contributed by atoms with E-state index < -0.39 is 12.3 Å². The number of benzene rings is 3. The molecule has 4 aromatic rings. The van der Waals surface area contributed by atoms with Gasteiger partial charge >= 0.3 is 12.3 Å². The smallest absolute Gasteiger partial charge is 0.424 e. The van der Waals surface area contributed by atoms with Crippen molar-refractivity contribution in [2.75, 3.05) is 13.1 Å². The van der Waals surface area contributed by atoms with Gasteiger partial charge in [0, 0.05) is 24.7 Å². The van der Waals surface area contributed by atoms with Gasteiger partial charge in [-0.25, -0.2) is 0 Å². The number of esters is 1. The summed E-state index contributed by atoms with van der Waals surface area (Å²) in [5.41, 5.74) is 7.30. The highest BCUT2D eigenvalue weighted by atomic mass is 35.5. The monoisotopic (exact) mass is 608 g/mol. The van der Waals surface area contributed by atoms with Gasteiger partial charge in [0.1, 0.15) is 10.8 Å². The van der Waals surface area contributed by atoms with Gasteiger partial charge in [0.15, 0.2) is 5.75 Å². The number of likely N-dealkylation sites (tertiary alicyclic amines) is 1. The van der Waals surface area contributed by atoms with Crippen LogP contribution in [0, 0.1) is 13.8 Å². The first-order chi connectivity index (χ1) is 20.5. The van der Waals surface area contributed by atoms with E-state index in [4.69, 9.17) is 16.3 Å². The molecule has 0 atom stereocenters. The first-order valence-electron chi connectivity index (χ1n) is 14.1. The molecule has 5 nitrogen and oxygen atoms in total. The van der Waals surface area contributed by atoms with Crippen molar-refractivity contribution >= 4 is 17.6 Å². The number of hydrogen-bond acceptors (Lipinski definition) is 5. The maximum Gasteiger partial charge on any atom is 0.573 e. The predicted octanol–water partition coefficient (Wildman–Crippen LogP) is 8.89. The molecule has 0 spiro atoms. The molecule has 43 heavy (non-hydrogen) atoms. The summed E-state index contributed by atoms with van der Waals surface area (Å²) in [4.78, 5) is 18.7. The maximum atomic E-state index is 12.4. The van der Waals surface area contributed by atoms with E-state index in [0.717, 1.165) is 60.4 Å². The molecule has 2 heterocycles. The van der Waals surface area contributed by atoms with Crippen molar-refractivity contribution in [2.45, 2.75) is 52.4 Å². The third kappa shape index (κ3) is 7.56. The van der Waals surface area contributed by atoms with Gasteiger partial charge in [0.25, 0.3) is 0 Å². The van der Waals surface area contributed by atoms with Gasteiger partial charge in [-0.05, 0) is 85.6 Å². The SMILES string of the molecule is CC(=O)Oc1c(Cl)c(C)nc(C)c1-c1ccc(-c2ccc(CN3CCC(c4ccc(OC(F)(F)F)cc4)CC3)cc2)cc1. The van der Waals surface area contributed by atoms with Crippen LogP contribution < -0.4 is 9.47 Å². The molecule has 0 aliphatic carbocycles. The highest BCUT2D eigenvalue weighted by molar-refractivity contribution is 6.33. The quantitative estimate of drug-likeness (QED) is 0.196. The molecule has 1 aromatic heterocycles. The Kier molecular flexibility index (Phi) is 9.08. The van der Waals surface area contributed by atoms with Crippen LogP contribution in [-0.2, 0) is 11.3 Å². The number of carbonyl (C=O) groups excluding carboxylic acids is 1. The molecule has 0 amide bonds. The second kappa shape index (κ2) is 12.8. The van der Waals surface area contributed by atoms with E-state index in [1.165, 1.54) is 24.6 Å². The number of pyridine rings is 1. The molecule has 0 unspecified atom stereocenters. The van der Waals surface area contributed by atoms with E-state index in [1.807, 2.05) is 31.2 Å². The Labute approximate surface area is 254 Å². The highest BCUT2D eigenvalue weighted by Crippen LogP contribution is 2.40. The molecule has 3 aromatic carbocycles. The van der Waals surface area contributed by atoms with E-state index in [0.29, 0.717) is 27.9 Å². The molecule has 5 rings (SSSR count). The zero-order chi connectivity index (χ0) is 30.7. The van der Waals surface area contributed by atoms with Gasteiger partial charge in [0.05, 0.1) is 5.69 Å². The van der Waals surface area contributed by atoms with E-state index in [-0.39, 0.29) is 5.75 Å². The number of aryl methyl sites for hydroxylation is 2. The summed E-state index contributed by atoms with van der Waals surface area (Å²) in [6.07, 6.45) is -2.78. The van der Waals surface area contributed by atoms with Crippen molar-refractivity contribution in [3.05, 3.63) is 100 Å². The molecule has 0 bridgehead atoms. The van der Waals surface area contributed by atoms with Gasteiger partial charge in [-0.3, -0.25) is 14.7 Å². The molecular formula is C34H32ClF3N2O3. The third-order valence-electron chi connectivity index (χ3n) is 7.73. The summed E-state index contributed by atoms with van der Waals surface area (Å²) < 4.78 is 46.8. The van der Waals surface area contributed by atoms with E-state index in [1.54, 1.807) is 19.1 Å². The lowest BCUT2D eigenvalue weighted by Crippen LogP contribution is -2.32. The van der Waals surface area contributed by atoms with Crippen molar-refractivity contribution in [3.63, 3.8) is 0 Å². The second-order valence-electron chi connectivity index (χ2n) is 10.8. The first-order valence-corrected chi connectivity index (χ1v) is 14.5. The molecule has 1 aliphatic rings. The van der Waals surface area contributed by atoms with Crippen LogP contribution in [0.2, 0.25) is 5.02 Å². The Morgan fingerprint density at radius 2 is 1.44 bits per heavy atom. The zero-order valence-electron chi connectivity index (χ0n) is 24.2. The Morgan fingerprint density at radius 3 is 2.00 bits per heavy atom. The Hall–Kier alpha value is -3.88. The lowest BCUT2D eigenvalue weighted by Gasteiger charge is -2.32. The third-order valence-corrected chi connectivity index (χ3v) is 8.17. The van der Waals surface area contributed by atoms with Crippen molar-refractivity contribution in [2.24, 2.45) is 0 Å². The van der Waals surface area contributed by atoms with E-state index in [9.17, 15) is 18.0 Å². The highest BCUT2D eigenvalue weighted by Gasteiger charge is 2.31. The van der Waals surface area contributed by atoms with Gasteiger partial charge in [-0.2, -0.15) is 0 Å². The van der Waals surface area contributed by atoms with E-state index in [2.05, 4.69) is 38.9 Å². The minimum absolute atomic E-state index is 0.190. The number of rotatable bonds is 7. The van der Waals surface area contributed by atoms with Crippen molar-refractivity contribution in [1.29, 1.82) is 0 Å². The second-order valence-corrected chi connectivity index (χ2v) is 11.2. The minimum atomic E-state index is -4.68. The van der Waals surface area contributed by atoms with Crippen LogP contribution in [0.15, 0.2) is 72.8 Å². The summed E-state index contributed by atoms with van der Waals surface area (Å²) >= 11 is 6.46. The normalized spacial score (nSPS) is 14.5. The van der Waals surface area contributed by atoms with Crippen LogP contribution in [0.3, 0.4) is 0 Å². The average Bonchev–Trinajstić information content (AvgIpc) is 2.96. The molecule has 9 heteroatoms. The molecule has 0 saturated carbocycles. The van der Waals surface area contributed by atoms with Crippen LogP contribution >= 0.6 is 11.6 Å². The topological polar surface area (TPSA) is 51.7 Å². The van der Waals surface area contributed by atoms with Gasteiger partial charge in [-0.1, -0.05) is 72.3 Å². The summed E-state index contributed by atoms with van der Waals surface area (Å²) in [5.74, 6) is 0.0170. The lowest BCUT2D eigenvalue weighted by atomic mass is 9.89. The summed E-state index contributed by atoms with van der Waals surface area (Å²) in [7, 11) is 0. The molecule has 224 valence electrons. The van der Waals surface area contributed by atoms with Gasteiger partial charge in [-0.15, -0.1) is 13.2 Å². The first kappa shape index (κ1) is 30.6. The Balaban J connectivity index is 1.20. The predicted molar refractivity (Wildman–Crippen MR) is 161 cm³/mol. The van der Waals surface area contributed by atoms with Crippen molar-refractivity contribution in [3.8, 4) is 33.8 Å². The number of alkyl halides is 3. The zero-order valence-corrected chi connectivity index (χ0v) is 24.9. The van der Waals surface area contributed by atoms with Gasteiger partial charge < -0.3 is 9.47 Å². The average molecular weight is 609 g/mol. The molecule has 0 radical (unpaired) electrons. The molecule has 1 aliphatic heterocycles. The minimum Gasteiger partial charge on any atom is -0.424 e. The fraction of sp³-hybridized carbons (Fsp3) is 0.294. The maximum absolute atomic E-state index is 12.4. The lowest BCUT2D eigenvalue weighted by molar-refractivity contribution is -0.274. The summed E-state index contributed by atoms with van der Waals surface area (Å²) in [5, 5.41) is 0.327. The van der Waals surface area contributed by atoms with Crippen LogP contribution in [0.25, 0.3) is 22.3 Å². The Morgan fingerprint density at radius 1 is 0.884 bits per heavy atom. The fourth-order valence-corrected chi connectivity index (χ4v) is 5.81. The number of hydrogen-bond donors (Lipinski definition) is 0. The standard InChI is InChI=1S/C34H32ClF3N2O3/c1-21-31(33(42-23(3)41)32(35)22(2)39-21)29-10-8-26(9-11-29)25-6-4-24(5-7-25)20-40-18-16-28(17-19-40)27-12-14-30(15-13-27)43-34(36,37)38/h4-15,28H,16-20H2,1-3H3. The number of nitrogens with zero attached hydrogens (tertiary/aromatic N) is 2. The molecular weight excluding hydrogens is 577 g/mol. The van der Waals surface area contributed by atoms with Crippen LogP contribution in [-0.4, -0.2) is 35.3 Å². The van der Waals surface area contributed by atoms with E-state index >= 15 is 0 Å². The van der Waals surface area contributed by atoms with Crippen molar-refractivity contribution in [1.82, 2.24) is 9.88 Å². The van der Waals surface area contributed by atoms with Crippen molar-refractivity contribution < 1.29 is 27.4 Å². The van der Waals surface area contributed by atoms with Crippen LogP contribution in [0.5, 0.6) is 11.5 Å². The summed E-state index contributed by atoms with van der Waals surface area (Å²) in [6.45, 7) is 7.67. The molecule has 1 saturated heterocycles. The largest absolute Gasteiger partial charge is 0.573 e. The van der Waals surface area contributed by atoms with Crippen LogP contribution in [0.4, 0.5) is 13.2 Å². The Bertz CT molecular complexity index is 1580. The molecule has 1 fully saturated rings. The number of ether oxygens (including phenoxy) is 2.